The van der Waals surface area contributed by atoms with Gasteiger partial charge in [-0.25, -0.2) is 4.39 Å². The first-order valence-corrected chi connectivity index (χ1v) is 5.37. The van der Waals surface area contributed by atoms with Crippen molar-refractivity contribution in [2.45, 2.75) is 26.7 Å². The van der Waals surface area contributed by atoms with Gasteiger partial charge in [-0.15, -0.1) is 0 Å². The van der Waals surface area contributed by atoms with Crippen LogP contribution in [-0.2, 0) is 0 Å². The molecule has 0 aromatic heterocycles. The van der Waals surface area contributed by atoms with Crippen molar-refractivity contribution in [2.24, 2.45) is 5.92 Å². The average Bonchev–Trinajstić information content (AvgIpc) is 2.31. The number of carbonyl (C=O) groups excluding carboxylic acids is 1. The highest BCUT2D eigenvalue weighted by atomic mass is 19.1. The Balaban J connectivity index is 3.06. The van der Waals surface area contributed by atoms with Crippen LogP contribution in [0.25, 0.3) is 0 Å². The van der Waals surface area contributed by atoms with Gasteiger partial charge in [-0.2, -0.15) is 5.26 Å². The zero-order valence-corrected chi connectivity index (χ0v) is 9.46. The Morgan fingerprint density at radius 3 is 2.56 bits per heavy atom. The summed E-state index contributed by atoms with van der Waals surface area (Å²) in [6.45, 7) is 3.89. The van der Waals surface area contributed by atoms with E-state index in [1.54, 1.807) is 6.07 Å². The van der Waals surface area contributed by atoms with E-state index in [2.05, 4.69) is 0 Å². The van der Waals surface area contributed by atoms with Crippen LogP contribution in [0.5, 0.6) is 0 Å². The van der Waals surface area contributed by atoms with Gasteiger partial charge in [0.05, 0.1) is 5.56 Å². The third-order valence-electron chi connectivity index (χ3n) is 2.73. The third-order valence-corrected chi connectivity index (χ3v) is 2.73. The Labute approximate surface area is 94.7 Å². The fraction of sp³-hybridized carbons (Fsp3) is 0.385. The largest absolute Gasteiger partial charge is 0.294 e. The van der Waals surface area contributed by atoms with Crippen molar-refractivity contribution in [1.29, 1.82) is 5.26 Å². The standard InChI is InChI=1S/C13H14FNO/c1-3-9(4-2)13(16)10-5-6-12(14)11(7-10)8-15/h5-7,9H,3-4H2,1-2H3. The lowest BCUT2D eigenvalue weighted by molar-refractivity contribution is 0.0913. The highest BCUT2D eigenvalue weighted by Gasteiger charge is 2.17. The van der Waals surface area contributed by atoms with Gasteiger partial charge in [-0.3, -0.25) is 4.79 Å². The molecule has 0 N–H and O–H groups in total. The van der Waals surface area contributed by atoms with E-state index in [4.69, 9.17) is 5.26 Å². The zero-order chi connectivity index (χ0) is 12.1. The summed E-state index contributed by atoms with van der Waals surface area (Å²) in [7, 11) is 0. The number of hydrogen-bond acceptors (Lipinski definition) is 2. The molecule has 0 saturated heterocycles. The van der Waals surface area contributed by atoms with E-state index >= 15 is 0 Å². The van der Waals surface area contributed by atoms with Crippen molar-refractivity contribution >= 4 is 5.78 Å². The minimum atomic E-state index is -0.580. The number of ketones is 1. The molecular weight excluding hydrogens is 205 g/mol. The summed E-state index contributed by atoms with van der Waals surface area (Å²) in [5, 5.41) is 8.68. The van der Waals surface area contributed by atoms with E-state index in [1.165, 1.54) is 18.2 Å². The maximum Gasteiger partial charge on any atom is 0.165 e. The van der Waals surface area contributed by atoms with Crippen LogP contribution in [0.2, 0.25) is 0 Å². The van der Waals surface area contributed by atoms with Crippen molar-refractivity contribution in [1.82, 2.24) is 0 Å². The number of Topliss-reactive ketones (excluding diaryl/α,β-unsaturated/α-hetero) is 1. The molecule has 0 aliphatic carbocycles. The van der Waals surface area contributed by atoms with E-state index < -0.39 is 5.82 Å². The molecule has 16 heavy (non-hydrogen) atoms. The molecule has 0 heterocycles. The Morgan fingerprint density at radius 2 is 2.06 bits per heavy atom. The van der Waals surface area contributed by atoms with Gasteiger partial charge in [-0.05, 0) is 31.0 Å². The summed E-state index contributed by atoms with van der Waals surface area (Å²) in [4.78, 5) is 12.0. The monoisotopic (exact) mass is 219 g/mol. The van der Waals surface area contributed by atoms with Gasteiger partial charge in [0, 0.05) is 11.5 Å². The van der Waals surface area contributed by atoms with Gasteiger partial charge >= 0.3 is 0 Å². The summed E-state index contributed by atoms with van der Waals surface area (Å²) in [6, 6.07) is 5.68. The second-order valence-corrected chi connectivity index (χ2v) is 3.68. The topological polar surface area (TPSA) is 40.9 Å². The number of halogens is 1. The first kappa shape index (κ1) is 12.4. The Kier molecular flexibility index (Phi) is 4.19. The Bertz CT molecular complexity index is 430. The molecular formula is C13H14FNO. The predicted molar refractivity (Wildman–Crippen MR) is 59.5 cm³/mol. The van der Waals surface area contributed by atoms with Crippen LogP contribution in [0.4, 0.5) is 4.39 Å². The number of rotatable bonds is 4. The van der Waals surface area contributed by atoms with E-state index in [9.17, 15) is 9.18 Å². The summed E-state index contributed by atoms with van der Waals surface area (Å²) in [5.74, 6) is -0.637. The average molecular weight is 219 g/mol. The van der Waals surface area contributed by atoms with Crippen molar-refractivity contribution in [3.63, 3.8) is 0 Å². The van der Waals surface area contributed by atoms with Crippen LogP contribution in [0.1, 0.15) is 42.6 Å². The maximum absolute atomic E-state index is 13.1. The van der Waals surface area contributed by atoms with Crippen LogP contribution >= 0.6 is 0 Å². The molecule has 0 saturated carbocycles. The highest BCUT2D eigenvalue weighted by Crippen LogP contribution is 2.18. The van der Waals surface area contributed by atoms with Crippen molar-refractivity contribution in [3.05, 3.63) is 35.1 Å². The van der Waals surface area contributed by atoms with Crippen LogP contribution in [0, 0.1) is 23.1 Å². The number of nitrogens with zero attached hydrogens (tertiary/aromatic N) is 1. The zero-order valence-electron chi connectivity index (χ0n) is 9.46. The lowest BCUT2D eigenvalue weighted by Gasteiger charge is -2.10. The molecule has 1 aromatic rings. The molecule has 0 unspecified atom stereocenters. The number of carbonyl (C=O) groups is 1. The first-order chi connectivity index (χ1) is 7.63. The lowest BCUT2D eigenvalue weighted by Crippen LogP contribution is -2.13. The summed E-state index contributed by atoms with van der Waals surface area (Å²) < 4.78 is 13.1. The van der Waals surface area contributed by atoms with E-state index in [1.807, 2.05) is 13.8 Å². The second kappa shape index (κ2) is 5.41. The molecule has 84 valence electrons. The van der Waals surface area contributed by atoms with Crippen LogP contribution < -0.4 is 0 Å². The Hall–Kier alpha value is -1.69. The predicted octanol–water partition coefficient (Wildman–Crippen LogP) is 3.32. The third kappa shape index (κ3) is 2.46. The smallest absolute Gasteiger partial charge is 0.165 e. The fourth-order valence-electron chi connectivity index (χ4n) is 1.66. The molecule has 1 rings (SSSR count). The van der Waals surface area contributed by atoms with Gasteiger partial charge in [0.25, 0.3) is 0 Å². The van der Waals surface area contributed by atoms with Crippen LogP contribution in [0.15, 0.2) is 18.2 Å². The van der Waals surface area contributed by atoms with Crippen molar-refractivity contribution in [2.75, 3.05) is 0 Å². The molecule has 3 heteroatoms. The summed E-state index contributed by atoms with van der Waals surface area (Å²) in [5.41, 5.74) is 0.350. The molecule has 0 atom stereocenters. The first-order valence-electron chi connectivity index (χ1n) is 5.37. The number of hydrogen-bond donors (Lipinski definition) is 0. The van der Waals surface area contributed by atoms with Gasteiger partial charge in [0.15, 0.2) is 5.78 Å². The minimum absolute atomic E-state index is 0.0125. The SMILES string of the molecule is CCC(CC)C(=O)c1ccc(F)c(C#N)c1. The lowest BCUT2D eigenvalue weighted by atomic mass is 9.92. The van der Waals surface area contributed by atoms with Gasteiger partial charge in [0.1, 0.15) is 11.9 Å². The molecule has 0 bridgehead atoms. The fourth-order valence-corrected chi connectivity index (χ4v) is 1.66. The molecule has 0 spiro atoms. The molecule has 0 fully saturated rings. The maximum atomic E-state index is 13.1. The van der Waals surface area contributed by atoms with Gasteiger partial charge < -0.3 is 0 Å². The van der Waals surface area contributed by atoms with Crippen LogP contribution in [-0.4, -0.2) is 5.78 Å². The van der Waals surface area contributed by atoms with E-state index in [0.717, 1.165) is 12.8 Å². The second-order valence-electron chi connectivity index (χ2n) is 3.68. The van der Waals surface area contributed by atoms with Crippen LogP contribution in [0.3, 0.4) is 0 Å². The highest BCUT2D eigenvalue weighted by molar-refractivity contribution is 5.98. The molecule has 0 amide bonds. The Morgan fingerprint density at radius 1 is 1.44 bits per heavy atom. The van der Waals surface area contributed by atoms with Crippen molar-refractivity contribution in [3.8, 4) is 6.07 Å². The minimum Gasteiger partial charge on any atom is -0.294 e. The number of nitriles is 1. The van der Waals surface area contributed by atoms with Gasteiger partial charge in [-0.1, -0.05) is 13.8 Å². The molecule has 0 aliphatic heterocycles. The van der Waals surface area contributed by atoms with Gasteiger partial charge in [0.2, 0.25) is 0 Å². The summed E-state index contributed by atoms with van der Waals surface area (Å²) >= 11 is 0. The quantitative estimate of drug-likeness (QED) is 0.729. The molecule has 1 aromatic carbocycles. The summed E-state index contributed by atoms with van der Waals surface area (Å²) in [6.07, 6.45) is 1.52. The number of benzene rings is 1. The van der Waals surface area contributed by atoms with E-state index in [0.29, 0.717) is 5.56 Å². The van der Waals surface area contributed by atoms with E-state index in [-0.39, 0.29) is 17.3 Å². The molecule has 0 radical (unpaired) electrons. The van der Waals surface area contributed by atoms with Crippen molar-refractivity contribution < 1.29 is 9.18 Å². The molecule has 2 nitrogen and oxygen atoms in total. The molecule has 0 aliphatic rings. The normalized spacial score (nSPS) is 10.2.